The molecule has 0 saturated carbocycles. The van der Waals surface area contributed by atoms with Crippen LogP contribution in [0, 0.1) is 6.92 Å². The maximum Gasteiger partial charge on any atom is 0.137 e. The van der Waals surface area contributed by atoms with Crippen LogP contribution in [-0.4, -0.2) is 10.7 Å². The number of hydrogen-bond donors (Lipinski definition) is 1. The van der Waals surface area contributed by atoms with E-state index in [-0.39, 0.29) is 0 Å². The predicted octanol–water partition coefficient (Wildman–Crippen LogP) is 2.68. The highest BCUT2D eigenvalue weighted by Crippen LogP contribution is 2.23. The Kier molecular flexibility index (Phi) is 3.88. The van der Waals surface area contributed by atoms with Gasteiger partial charge in [-0.2, -0.15) is 11.8 Å². The Morgan fingerprint density at radius 3 is 2.83 bits per heavy atom. The summed E-state index contributed by atoms with van der Waals surface area (Å²) in [6.07, 6.45) is 1.23. The molecule has 1 aromatic heterocycles. The molecule has 0 spiro atoms. The van der Waals surface area contributed by atoms with Crippen LogP contribution in [0.15, 0.2) is 0 Å². The van der Waals surface area contributed by atoms with E-state index >= 15 is 0 Å². The number of aryl methyl sites for hydroxylation is 1. The standard InChI is InChI=1S/C8H14N2S2/c1-3-4-11-5-7-10-8(9)6(2)12-7/h3-5,9H2,1-2H3. The van der Waals surface area contributed by atoms with E-state index in [1.165, 1.54) is 12.2 Å². The van der Waals surface area contributed by atoms with Gasteiger partial charge in [0.05, 0.1) is 0 Å². The summed E-state index contributed by atoms with van der Waals surface area (Å²) in [4.78, 5) is 5.40. The van der Waals surface area contributed by atoms with Crippen molar-refractivity contribution in [3.8, 4) is 0 Å². The van der Waals surface area contributed by atoms with Crippen molar-refractivity contribution in [2.24, 2.45) is 0 Å². The summed E-state index contributed by atoms with van der Waals surface area (Å²) in [7, 11) is 0. The van der Waals surface area contributed by atoms with Gasteiger partial charge in [-0.15, -0.1) is 11.3 Å². The number of thiazole rings is 1. The number of rotatable bonds is 4. The fourth-order valence-electron chi connectivity index (χ4n) is 0.830. The van der Waals surface area contributed by atoms with Crippen LogP contribution in [0.3, 0.4) is 0 Å². The predicted molar refractivity (Wildman–Crippen MR) is 57.7 cm³/mol. The Balaban J connectivity index is 2.42. The molecular formula is C8H14N2S2. The lowest BCUT2D eigenvalue weighted by Crippen LogP contribution is -1.87. The van der Waals surface area contributed by atoms with Crippen molar-refractivity contribution in [3.63, 3.8) is 0 Å². The van der Waals surface area contributed by atoms with Gasteiger partial charge in [-0.05, 0) is 19.1 Å². The average Bonchev–Trinajstić information content (AvgIpc) is 2.32. The zero-order valence-corrected chi connectivity index (χ0v) is 9.10. The molecule has 2 N–H and O–H groups in total. The molecule has 1 rings (SSSR count). The van der Waals surface area contributed by atoms with E-state index in [0.29, 0.717) is 5.82 Å². The second-order valence-corrected chi connectivity index (χ2v) is 4.99. The molecule has 0 aliphatic heterocycles. The van der Waals surface area contributed by atoms with Gasteiger partial charge in [-0.25, -0.2) is 4.98 Å². The number of nitrogens with zero attached hydrogens (tertiary/aromatic N) is 1. The Labute approximate surface area is 81.6 Å². The lowest BCUT2D eigenvalue weighted by molar-refractivity contribution is 1.10. The molecule has 0 aromatic carbocycles. The maximum absolute atomic E-state index is 5.63. The molecule has 0 unspecified atom stereocenters. The molecule has 0 amide bonds. The molecular weight excluding hydrogens is 188 g/mol. The van der Waals surface area contributed by atoms with E-state index in [9.17, 15) is 0 Å². The molecule has 2 nitrogen and oxygen atoms in total. The zero-order chi connectivity index (χ0) is 8.97. The van der Waals surface area contributed by atoms with Crippen LogP contribution in [0.2, 0.25) is 0 Å². The third-order valence-corrected chi connectivity index (χ3v) is 3.79. The van der Waals surface area contributed by atoms with E-state index in [1.807, 2.05) is 18.7 Å². The summed E-state index contributed by atoms with van der Waals surface area (Å²) in [5, 5.41) is 1.16. The average molecular weight is 202 g/mol. The molecule has 4 heteroatoms. The first-order valence-corrected chi connectivity index (χ1v) is 6.00. The highest BCUT2D eigenvalue weighted by Gasteiger charge is 2.02. The first-order valence-electron chi connectivity index (χ1n) is 4.03. The summed E-state index contributed by atoms with van der Waals surface area (Å²) in [5.74, 6) is 2.92. The van der Waals surface area contributed by atoms with Crippen molar-refractivity contribution in [1.29, 1.82) is 0 Å². The van der Waals surface area contributed by atoms with Crippen molar-refractivity contribution < 1.29 is 0 Å². The largest absolute Gasteiger partial charge is 0.383 e. The smallest absolute Gasteiger partial charge is 0.137 e. The van der Waals surface area contributed by atoms with Crippen molar-refractivity contribution >= 4 is 28.9 Å². The Bertz CT molecular complexity index is 226. The van der Waals surface area contributed by atoms with E-state index in [2.05, 4.69) is 11.9 Å². The Morgan fingerprint density at radius 1 is 1.58 bits per heavy atom. The quantitative estimate of drug-likeness (QED) is 0.763. The minimum absolute atomic E-state index is 0.701. The van der Waals surface area contributed by atoms with Gasteiger partial charge in [0.2, 0.25) is 0 Å². The zero-order valence-electron chi connectivity index (χ0n) is 7.46. The van der Waals surface area contributed by atoms with E-state index < -0.39 is 0 Å². The summed E-state index contributed by atoms with van der Waals surface area (Å²) in [6.45, 7) is 4.20. The van der Waals surface area contributed by atoms with Crippen LogP contribution in [0.1, 0.15) is 23.2 Å². The topological polar surface area (TPSA) is 38.9 Å². The van der Waals surface area contributed by atoms with Crippen LogP contribution < -0.4 is 5.73 Å². The van der Waals surface area contributed by atoms with E-state index in [4.69, 9.17) is 5.73 Å². The number of aromatic nitrogens is 1. The van der Waals surface area contributed by atoms with Crippen LogP contribution >= 0.6 is 23.1 Å². The van der Waals surface area contributed by atoms with Crippen molar-refractivity contribution in [1.82, 2.24) is 4.98 Å². The fourth-order valence-corrected chi connectivity index (χ4v) is 2.64. The molecule has 0 bridgehead atoms. The minimum Gasteiger partial charge on any atom is -0.383 e. The van der Waals surface area contributed by atoms with Crippen LogP contribution in [0.5, 0.6) is 0 Å². The van der Waals surface area contributed by atoms with Crippen molar-refractivity contribution in [2.75, 3.05) is 11.5 Å². The van der Waals surface area contributed by atoms with Gasteiger partial charge < -0.3 is 5.73 Å². The summed E-state index contributed by atoms with van der Waals surface area (Å²) in [6, 6.07) is 0. The van der Waals surface area contributed by atoms with E-state index in [1.54, 1.807) is 11.3 Å². The van der Waals surface area contributed by atoms with Gasteiger partial charge in [0, 0.05) is 10.6 Å². The van der Waals surface area contributed by atoms with Crippen molar-refractivity contribution in [2.45, 2.75) is 26.0 Å². The van der Waals surface area contributed by atoms with Gasteiger partial charge in [0.15, 0.2) is 0 Å². The molecule has 12 heavy (non-hydrogen) atoms. The first kappa shape index (κ1) is 9.86. The second-order valence-electron chi connectivity index (χ2n) is 2.60. The Morgan fingerprint density at radius 2 is 2.33 bits per heavy atom. The van der Waals surface area contributed by atoms with Gasteiger partial charge in [-0.3, -0.25) is 0 Å². The molecule has 1 heterocycles. The number of nitrogens with two attached hydrogens (primary N) is 1. The van der Waals surface area contributed by atoms with Gasteiger partial charge in [-0.1, -0.05) is 6.92 Å². The number of thioether (sulfide) groups is 1. The van der Waals surface area contributed by atoms with Gasteiger partial charge in [0.25, 0.3) is 0 Å². The fraction of sp³-hybridized carbons (Fsp3) is 0.625. The van der Waals surface area contributed by atoms with Crippen LogP contribution in [-0.2, 0) is 5.75 Å². The molecule has 0 radical (unpaired) electrons. The lowest BCUT2D eigenvalue weighted by Gasteiger charge is -1.93. The number of nitrogen functional groups attached to an aromatic ring is 1. The normalized spacial score (nSPS) is 10.5. The summed E-state index contributed by atoms with van der Waals surface area (Å²) in [5.41, 5.74) is 5.63. The second kappa shape index (κ2) is 4.72. The van der Waals surface area contributed by atoms with E-state index in [0.717, 1.165) is 15.6 Å². The van der Waals surface area contributed by atoms with Crippen LogP contribution in [0.4, 0.5) is 5.82 Å². The molecule has 1 aromatic rings. The first-order chi connectivity index (χ1) is 5.74. The third-order valence-electron chi connectivity index (χ3n) is 1.45. The summed E-state index contributed by atoms with van der Waals surface area (Å²) >= 11 is 3.63. The summed E-state index contributed by atoms with van der Waals surface area (Å²) < 4.78 is 0. The molecule has 0 fully saturated rings. The molecule has 0 aliphatic rings. The van der Waals surface area contributed by atoms with Gasteiger partial charge in [0.1, 0.15) is 10.8 Å². The van der Waals surface area contributed by atoms with Crippen molar-refractivity contribution in [3.05, 3.63) is 9.88 Å². The Hall–Kier alpha value is -0.220. The lowest BCUT2D eigenvalue weighted by atomic mass is 10.6. The highest BCUT2D eigenvalue weighted by molar-refractivity contribution is 7.98. The molecule has 0 aliphatic carbocycles. The number of anilines is 1. The monoisotopic (exact) mass is 202 g/mol. The highest BCUT2D eigenvalue weighted by atomic mass is 32.2. The maximum atomic E-state index is 5.63. The third kappa shape index (κ3) is 2.68. The minimum atomic E-state index is 0.701. The SMILES string of the molecule is CCCSCc1nc(N)c(C)s1. The van der Waals surface area contributed by atoms with Crippen LogP contribution in [0.25, 0.3) is 0 Å². The molecule has 68 valence electrons. The molecule has 0 atom stereocenters. The van der Waals surface area contributed by atoms with Gasteiger partial charge >= 0.3 is 0 Å². The molecule has 0 saturated heterocycles. The number of hydrogen-bond acceptors (Lipinski definition) is 4.